The van der Waals surface area contributed by atoms with E-state index >= 15 is 0 Å². The molecule has 4 nitrogen and oxygen atoms in total. The Hall–Kier alpha value is -0.521. The topological polar surface area (TPSA) is 80.3 Å². The molecular formula is C24H44O4Sn. The Morgan fingerprint density at radius 1 is 0.552 bits per heavy atom. The summed E-state index contributed by atoms with van der Waals surface area (Å²) in [4.78, 5) is 20.8. The summed E-state index contributed by atoms with van der Waals surface area (Å²) in [6, 6.07) is 0. The number of hydrogen-bond acceptors (Lipinski definition) is 4. The van der Waals surface area contributed by atoms with E-state index in [0.29, 0.717) is 0 Å². The van der Waals surface area contributed by atoms with Crippen LogP contribution in [0.4, 0.5) is 0 Å². The van der Waals surface area contributed by atoms with E-state index in [9.17, 15) is 19.8 Å². The van der Waals surface area contributed by atoms with E-state index in [1.54, 1.807) is 35.6 Å². The SMILES string of the molecule is CC/C(C(=O)[O-])=C(\CC)C(=O)[O-].CCCCCCC[CH2][Sn+2][CH2]CCCCCCC. The Kier molecular flexibility index (Phi) is 25.1. The van der Waals surface area contributed by atoms with Crippen molar-refractivity contribution in [2.75, 3.05) is 0 Å². The van der Waals surface area contributed by atoms with E-state index in [0.717, 1.165) is 0 Å². The number of unbranched alkanes of at least 4 members (excludes halogenated alkanes) is 10. The molecule has 0 aromatic rings. The summed E-state index contributed by atoms with van der Waals surface area (Å²) in [5.74, 6) is -2.86. The van der Waals surface area contributed by atoms with Gasteiger partial charge in [-0.05, 0) is 24.0 Å². The molecule has 0 aliphatic carbocycles. The van der Waals surface area contributed by atoms with Crippen LogP contribution in [-0.4, -0.2) is 33.1 Å². The fourth-order valence-electron chi connectivity index (χ4n) is 3.15. The first-order valence-corrected chi connectivity index (χ1v) is 15.8. The van der Waals surface area contributed by atoms with Crippen molar-refractivity contribution >= 4 is 33.1 Å². The fraction of sp³-hybridized carbons (Fsp3) is 0.833. The van der Waals surface area contributed by atoms with Gasteiger partial charge in [-0.3, -0.25) is 0 Å². The molecule has 0 saturated carbocycles. The molecule has 29 heavy (non-hydrogen) atoms. The third-order valence-electron chi connectivity index (χ3n) is 4.98. The molecule has 0 aliphatic heterocycles. The predicted molar refractivity (Wildman–Crippen MR) is 120 cm³/mol. The van der Waals surface area contributed by atoms with E-state index in [1.165, 1.54) is 64.2 Å². The van der Waals surface area contributed by atoms with Crippen LogP contribution >= 0.6 is 0 Å². The van der Waals surface area contributed by atoms with Gasteiger partial charge in [0, 0.05) is 0 Å². The summed E-state index contributed by atoms with van der Waals surface area (Å²) in [6.45, 7) is 7.72. The van der Waals surface area contributed by atoms with Crippen LogP contribution in [0, 0.1) is 0 Å². The first kappa shape index (κ1) is 30.7. The maximum atomic E-state index is 10.4. The molecule has 0 rings (SSSR count). The molecule has 0 atom stereocenters. The number of hydrogen-bond donors (Lipinski definition) is 0. The van der Waals surface area contributed by atoms with Crippen molar-refractivity contribution in [1.29, 1.82) is 0 Å². The molecule has 0 saturated heterocycles. The van der Waals surface area contributed by atoms with Crippen LogP contribution in [0.3, 0.4) is 0 Å². The minimum absolute atomic E-state index is 0.0736. The van der Waals surface area contributed by atoms with Crippen LogP contribution < -0.4 is 10.2 Å². The van der Waals surface area contributed by atoms with Crippen LogP contribution in [0.2, 0.25) is 8.87 Å². The van der Waals surface area contributed by atoms with Crippen molar-refractivity contribution in [1.82, 2.24) is 0 Å². The Labute approximate surface area is 190 Å². The van der Waals surface area contributed by atoms with Crippen LogP contribution in [0.1, 0.15) is 118 Å². The predicted octanol–water partition coefficient (Wildman–Crippen LogP) is 4.85. The van der Waals surface area contributed by atoms with Crippen LogP contribution in [0.5, 0.6) is 0 Å². The fourth-order valence-corrected chi connectivity index (χ4v) is 6.72. The van der Waals surface area contributed by atoms with Gasteiger partial charge in [-0.1, -0.05) is 13.8 Å². The van der Waals surface area contributed by atoms with Crippen molar-refractivity contribution in [3.05, 3.63) is 11.1 Å². The van der Waals surface area contributed by atoms with E-state index in [1.807, 2.05) is 0 Å². The van der Waals surface area contributed by atoms with E-state index in [2.05, 4.69) is 13.8 Å². The van der Waals surface area contributed by atoms with Crippen molar-refractivity contribution in [2.24, 2.45) is 0 Å². The normalized spacial score (nSPS) is 11.2. The van der Waals surface area contributed by atoms with Gasteiger partial charge in [-0.2, -0.15) is 0 Å². The first-order chi connectivity index (χ1) is 14.0. The van der Waals surface area contributed by atoms with Crippen LogP contribution in [0.15, 0.2) is 11.1 Å². The summed E-state index contributed by atoms with van der Waals surface area (Å²) >= 11 is 0.0736. The van der Waals surface area contributed by atoms with Crippen molar-refractivity contribution in [3.63, 3.8) is 0 Å². The molecule has 0 unspecified atom stereocenters. The molecule has 0 aliphatic rings. The number of aliphatic carboxylic acids is 2. The summed E-state index contributed by atoms with van der Waals surface area (Å²) in [5, 5.41) is 20.8. The number of rotatable bonds is 18. The summed E-state index contributed by atoms with van der Waals surface area (Å²) in [5.41, 5.74) is -0.366. The van der Waals surface area contributed by atoms with Crippen molar-refractivity contribution in [2.45, 2.75) is 126 Å². The zero-order valence-corrected chi connectivity index (χ0v) is 22.3. The van der Waals surface area contributed by atoms with Crippen molar-refractivity contribution in [3.8, 4) is 0 Å². The van der Waals surface area contributed by atoms with Gasteiger partial charge in [0.1, 0.15) is 0 Å². The van der Waals surface area contributed by atoms with Crippen LogP contribution in [-0.2, 0) is 9.59 Å². The third kappa shape index (κ3) is 20.5. The Bertz CT molecular complexity index is 395. The third-order valence-corrected chi connectivity index (χ3v) is 9.01. The molecule has 0 spiro atoms. The quantitative estimate of drug-likeness (QED) is 0.149. The number of carbonyl (C=O) groups is 2. The minimum atomic E-state index is -1.43. The zero-order valence-electron chi connectivity index (χ0n) is 19.4. The Morgan fingerprint density at radius 2 is 0.862 bits per heavy atom. The average Bonchev–Trinajstić information content (AvgIpc) is 2.69. The van der Waals surface area contributed by atoms with E-state index < -0.39 is 11.9 Å². The maximum absolute atomic E-state index is 10.4. The zero-order chi connectivity index (χ0) is 22.3. The van der Waals surface area contributed by atoms with Gasteiger partial charge >= 0.3 is 121 Å². The second-order valence-corrected chi connectivity index (χ2v) is 11.8. The number of carboxylic acids is 2. The van der Waals surface area contributed by atoms with Crippen LogP contribution in [0.25, 0.3) is 0 Å². The summed E-state index contributed by atoms with van der Waals surface area (Å²) in [6.07, 6.45) is 18.1. The molecule has 0 amide bonds. The van der Waals surface area contributed by atoms with Gasteiger partial charge in [-0.15, -0.1) is 0 Å². The van der Waals surface area contributed by atoms with E-state index in [4.69, 9.17) is 0 Å². The monoisotopic (exact) mass is 516 g/mol. The van der Waals surface area contributed by atoms with Crippen molar-refractivity contribution < 1.29 is 19.8 Å². The van der Waals surface area contributed by atoms with E-state index in [-0.39, 0.29) is 45.1 Å². The van der Waals surface area contributed by atoms with Gasteiger partial charge in [0.2, 0.25) is 0 Å². The number of carbonyl (C=O) groups excluding carboxylic acids is 2. The second-order valence-electron chi connectivity index (χ2n) is 7.52. The van der Waals surface area contributed by atoms with Gasteiger partial charge in [0.25, 0.3) is 0 Å². The molecule has 0 heterocycles. The molecule has 0 aromatic heterocycles. The van der Waals surface area contributed by atoms with Gasteiger partial charge in [0.15, 0.2) is 0 Å². The molecule has 0 radical (unpaired) electrons. The molecule has 0 N–H and O–H groups in total. The number of carboxylic acid groups (broad SMARTS) is 2. The molecule has 0 bridgehead atoms. The molecule has 0 aromatic carbocycles. The second kappa shape index (κ2) is 23.8. The average molecular weight is 515 g/mol. The van der Waals surface area contributed by atoms with Gasteiger partial charge in [0.05, 0.1) is 11.9 Å². The first-order valence-electron chi connectivity index (χ1n) is 11.8. The summed E-state index contributed by atoms with van der Waals surface area (Å²) in [7, 11) is 0. The Balaban J connectivity index is 0. The molecule has 5 heteroatoms. The molecular weight excluding hydrogens is 471 g/mol. The molecule has 168 valence electrons. The summed E-state index contributed by atoms with van der Waals surface area (Å²) < 4.78 is 3.31. The standard InChI is InChI=1S/C8H12O4.2C8H17.Sn/c1-3-5(7(9)10)6(4-2)8(11)12;2*1-3-5-7-8-6-4-2;/h3-4H2,1-2H3,(H,9,10)(H,11,12);2*1,3-8H2,2H3;/q;;;+2/p-2/b6-5-;;;. The molecule has 0 fully saturated rings. The van der Waals surface area contributed by atoms with Gasteiger partial charge in [-0.25, -0.2) is 0 Å². The Morgan fingerprint density at radius 3 is 1.14 bits per heavy atom. The van der Waals surface area contributed by atoms with Gasteiger partial charge < -0.3 is 19.8 Å².